The van der Waals surface area contributed by atoms with E-state index >= 15 is 0 Å². The van der Waals surface area contributed by atoms with Gasteiger partial charge in [0, 0.05) is 0 Å². The second kappa shape index (κ2) is 7.72. The molecular formula is C23H30O2. The average Bonchev–Trinajstić information content (AvgIpc) is 2.96. The monoisotopic (exact) mass is 338 g/mol. The summed E-state index contributed by atoms with van der Waals surface area (Å²) in [6.45, 7) is 4.28. The van der Waals surface area contributed by atoms with Gasteiger partial charge in [0.1, 0.15) is 0 Å². The highest BCUT2D eigenvalue weighted by atomic mass is 16.3. The minimum absolute atomic E-state index is 0.580. The Morgan fingerprint density at radius 3 is 1.52 bits per heavy atom. The van der Waals surface area contributed by atoms with Crippen LogP contribution in [0.1, 0.15) is 63.5 Å². The lowest BCUT2D eigenvalue weighted by atomic mass is 9.67. The van der Waals surface area contributed by atoms with E-state index in [4.69, 9.17) is 0 Å². The SMILES string of the molecule is CCCCC(O)C1(C(O)CCCC)c2ccccc2-c2ccccc21. The standard InChI is InChI=1S/C23H30O2/c1-3-5-15-21(24)23(22(25)16-6-4-2)19-13-9-7-11-17(19)18-12-8-10-14-20(18)23/h7-14,21-22,24-25H,3-6,15-16H2,1-2H3. The molecular weight excluding hydrogens is 308 g/mol. The summed E-state index contributed by atoms with van der Waals surface area (Å²) in [6, 6.07) is 16.6. The van der Waals surface area contributed by atoms with Crippen molar-refractivity contribution in [2.24, 2.45) is 0 Å². The van der Waals surface area contributed by atoms with Crippen LogP contribution in [0, 0.1) is 0 Å². The van der Waals surface area contributed by atoms with E-state index in [0.29, 0.717) is 12.8 Å². The molecule has 0 heterocycles. The maximum Gasteiger partial charge on any atom is 0.0732 e. The number of hydrogen-bond donors (Lipinski definition) is 2. The number of hydrogen-bond acceptors (Lipinski definition) is 2. The lowest BCUT2D eigenvalue weighted by Crippen LogP contribution is -2.49. The molecule has 0 aliphatic heterocycles. The zero-order valence-electron chi connectivity index (χ0n) is 15.4. The van der Waals surface area contributed by atoms with Crippen molar-refractivity contribution in [3.8, 4) is 11.1 Å². The van der Waals surface area contributed by atoms with Crippen LogP contribution in [-0.4, -0.2) is 22.4 Å². The predicted octanol–water partition coefficient (Wildman–Crippen LogP) is 5.06. The predicted molar refractivity (Wildman–Crippen MR) is 104 cm³/mol. The van der Waals surface area contributed by atoms with Gasteiger partial charge in [-0.1, -0.05) is 88.1 Å². The summed E-state index contributed by atoms with van der Waals surface area (Å²) in [4.78, 5) is 0. The molecule has 2 N–H and O–H groups in total. The number of rotatable bonds is 8. The highest BCUT2D eigenvalue weighted by molar-refractivity contribution is 5.81. The highest BCUT2D eigenvalue weighted by Crippen LogP contribution is 2.54. The van der Waals surface area contributed by atoms with Gasteiger partial charge in [-0.2, -0.15) is 0 Å². The molecule has 0 saturated carbocycles. The van der Waals surface area contributed by atoms with E-state index in [0.717, 1.165) is 47.9 Å². The maximum absolute atomic E-state index is 11.3. The lowest BCUT2D eigenvalue weighted by Gasteiger charge is -2.41. The van der Waals surface area contributed by atoms with Crippen molar-refractivity contribution in [2.45, 2.75) is 70.0 Å². The van der Waals surface area contributed by atoms with Crippen LogP contribution in [0.3, 0.4) is 0 Å². The molecule has 2 aromatic carbocycles. The minimum Gasteiger partial charge on any atom is -0.392 e. The summed E-state index contributed by atoms with van der Waals surface area (Å²) in [7, 11) is 0. The van der Waals surface area contributed by atoms with Crippen LogP contribution in [0.25, 0.3) is 11.1 Å². The quantitative estimate of drug-likeness (QED) is 0.706. The molecule has 0 aromatic heterocycles. The molecule has 2 atom stereocenters. The number of aliphatic hydroxyl groups excluding tert-OH is 2. The number of aliphatic hydroxyl groups is 2. The Kier molecular flexibility index (Phi) is 5.61. The summed E-state index contributed by atoms with van der Waals surface area (Å²) in [5, 5.41) is 22.7. The third kappa shape index (κ3) is 2.92. The Bertz CT molecular complexity index is 645. The van der Waals surface area contributed by atoms with Crippen LogP contribution >= 0.6 is 0 Å². The zero-order chi connectivity index (χ0) is 17.9. The Morgan fingerprint density at radius 1 is 0.720 bits per heavy atom. The highest BCUT2D eigenvalue weighted by Gasteiger charge is 2.52. The fourth-order valence-corrected chi connectivity index (χ4v) is 4.49. The summed E-state index contributed by atoms with van der Waals surface area (Å²) < 4.78 is 0. The van der Waals surface area contributed by atoms with Crippen LogP contribution in [0.2, 0.25) is 0 Å². The van der Waals surface area contributed by atoms with Crippen LogP contribution in [-0.2, 0) is 5.41 Å². The van der Waals surface area contributed by atoms with E-state index in [2.05, 4.69) is 38.1 Å². The van der Waals surface area contributed by atoms with Gasteiger partial charge in [-0.15, -0.1) is 0 Å². The molecule has 0 spiro atoms. The van der Waals surface area contributed by atoms with E-state index in [-0.39, 0.29) is 0 Å². The maximum atomic E-state index is 11.3. The van der Waals surface area contributed by atoms with E-state index in [1.54, 1.807) is 0 Å². The number of unbranched alkanes of at least 4 members (excludes halogenated alkanes) is 2. The van der Waals surface area contributed by atoms with Crippen molar-refractivity contribution in [3.63, 3.8) is 0 Å². The van der Waals surface area contributed by atoms with Crippen molar-refractivity contribution >= 4 is 0 Å². The molecule has 1 aliphatic carbocycles. The van der Waals surface area contributed by atoms with Gasteiger partial charge in [0.15, 0.2) is 0 Å². The Labute approximate surface area is 151 Å². The molecule has 0 radical (unpaired) electrons. The first-order chi connectivity index (χ1) is 12.2. The molecule has 2 aromatic rings. The first-order valence-corrected chi connectivity index (χ1v) is 9.73. The smallest absolute Gasteiger partial charge is 0.0732 e. The van der Waals surface area contributed by atoms with E-state index < -0.39 is 17.6 Å². The molecule has 2 unspecified atom stereocenters. The van der Waals surface area contributed by atoms with Crippen molar-refractivity contribution in [2.75, 3.05) is 0 Å². The van der Waals surface area contributed by atoms with Crippen molar-refractivity contribution in [1.29, 1.82) is 0 Å². The molecule has 3 rings (SSSR count). The largest absolute Gasteiger partial charge is 0.392 e. The second-order valence-electron chi connectivity index (χ2n) is 7.28. The fourth-order valence-electron chi connectivity index (χ4n) is 4.49. The Balaban J connectivity index is 2.19. The van der Waals surface area contributed by atoms with Crippen LogP contribution in [0.15, 0.2) is 48.5 Å². The molecule has 1 aliphatic rings. The summed E-state index contributed by atoms with van der Waals surface area (Å²) in [5.41, 5.74) is 3.78. The zero-order valence-corrected chi connectivity index (χ0v) is 15.4. The lowest BCUT2D eigenvalue weighted by molar-refractivity contribution is -0.00173. The molecule has 0 saturated heterocycles. The topological polar surface area (TPSA) is 40.5 Å². The second-order valence-corrected chi connectivity index (χ2v) is 7.28. The molecule has 134 valence electrons. The van der Waals surface area contributed by atoms with Gasteiger partial charge in [0.2, 0.25) is 0 Å². The first-order valence-electron chi connectivity index (χ1n) is 9.73. The third-order valence-corrected chi connectivity index (χ3v) is 5.75. The average molecular weight is 338 g/mol. The third-order valence-electron chi connectivity index (χ3n) is 5.75. The van der Waals surface area contributed by atoms with Crippen molar-refractivity contribution in [3.05, 3.63) is 59.7 Å². The fraction of sp³-hybridized carbons (Fsp3) is 0.478. The molecule has 2 heteroatoms. The molecule has 0 amide bonds. The van der Waals surface area contributed by atoms with Gasteiger partial charge in [-0.25, -0.2) is 0 Å². The summed E-state index contributed by atoms with van der Waals surface area (Å²) >= 11 is 0. The van der Waals surface area contributed by atoms with Crippen LogP contribution in [0.5, 0.6) is 0 Å². The molecule has 25 heavy (non-hydrogen) atoms. The molecule has 0 bridgehead atoms. The van der Waals surface area contributed by atoms with E-state index in [1.807, 2.05) is 24.3 Å². The normalized spacial score (nSPS) is 17.0. The van der Waals surface area contributed by atoms with Crippen LogP contribution < -0.4 is 0 Å². The Hall–Kier alpha value is -1.64. The number of fused-ring (bicyclic) bond motifs is 3. The molecule has 2 nitrogen and oxygen atoms in total. The van der Waals surface area contributed by atoms with Crippen LogP contribution in [0.4, 0.5) is 0 Å². The van der Waals surface area contributed by atoms with Gasteiger partial charge in [0.05, 0.1) is 17.6 Å². The van der Waals surface area contributed by atoms with Gasteiger partial charge in [-0.3, -0.25) is 0 Å². The summed E-state index contributed by atoms with van der Waals surface area (Å²) in [6.07, 6.45) is 4.28. The van der Waals surface area contributed by atoms with Gasteiger partial charge < -0.3 is 10.2 Å². The van der Waals surface area contributed by atoms with E-state index in [9.17, 15) is 10.2 Å². The van der Waals surface area contributed by atoms with Crippen molar-refractivity contribution < 1.29 is 10.2 Å². The van der Waals surface area contributed by atoms with Gasteiger partial charge >= 0.3 is 0 Å². The minimum atomic E-state index is -0.711. The van der Waals surface area contributed by atoms with Crippen molar-refractivity contribution in [1.82, 2.24) is 0 Å². The first kappa shape index (κ1) is 18.2. The van der Waals surface area contributed by atoms with E-state index in [1.165, 1.54) is 0 Å². The Morgan fingerprint density at radius 2 is 1.12 bits per heavy atom. The molecule has 0 fully saturated rings. The summed E-state index contributed by atoms with van der Waals surface area (Å²) in [5.74, 6) is 0. The number of benzene rings is 2. The van der Waals surface area contributed by atoms with Gasteiger partial charge in [-0.05, 0) is 35.1 Å². The van der Waals surface area contributed by atoms with Gasteiger partial charge in [0.25, 0.3) is 0 Å².